The van der Waals surface area contributed by atoms with E-state index in [1.54, 1.807) is 0 Å². The fourth-order valence-corrected chi connectivity index (χ4v) is 2.61. The number of nitrogens with two attached hydrogens (primary N) is 1. The molecule has 0 heterocycles. The summed E-state index contributed by atoms with van der Waals surface area (Å²) in [5, 5.41) is 0. The highest BCUT2D eigenvalue weighted by Gasteiger charge is 2.19. The first-order chi connectivity index (χ1) is 9.25. The zero-order valence-electron chi connectivity index (χ0n) is 11.4. The van der Waals surface area contributed by atoms with Gasteiger partial charge in [0, 0.05) is 0 Å². The van der Waals surface area contributed by atoms with Crippen LogP contribution in [0.25, 0.3) is 0 Å². The van der Waals surface area contributed by atoms with Gasteiger partial charge in [0.05, 0.1) is 6.61 Å². The summed E-state index contributed by atoms with van der Waals surface area (Å²) < 4.78 is 5.35. The molecule has 0 radical (unpaired) electrons. The minimum absolute atomic E-state index is 0.269. The molecule has 1 saturated carbocycles. The van der Waals surface area contributed by atoms with E-state index in [9.17, 15) is 4.79 Å². The Morgan fingerprint density at radius 2 is 1.89 bits per heavy atom. The molecule has 0 bridgehead atoms. The summed E-state index contributed by atoms with van der Waals surface area (Å²) in [6.45, 7) is 0.543. The average Bonchev–Trinajstić information content (AvgIpc) is 2.47. The molecule has 1 fully saturated rings. The lowest BCUT2D eigenvalue weighted by Crippen LogP contribution is -2.35. The Morgan fingerprint density at radius 1 is 1.21 bits per heavy atom. The van der Waals surface area contributed by atoms with E-state index in [4.69, 9.17) is 10.5 Å². The second-order valence-electron chi connectivity index (χ2n) is 5.43. The van der Waals surface area contributed by atoms with Gasteiger partial charge in [-0.15, -0.1) is 0 Å². The van der Waals surface area contributed by atoms with Crippen LogP contribution in [-0.4, -0.2) is 18.6 Å². The normalized spacial score (nSPS) is 17.9. The predicted molar refractivity (Wildman–Crippen MR) is 75.7 cm³/mol. The third kappa shape index (κ3) is 4.67. The van der Waals surface area contributed by atoms with Gasteiger partial charge in [-0.3, -0.25) is 4.79 Å². The molecule has 1 aromatic carbocycles. The maximum Gasteiger partial charge on any atom is 0.323 e. The summed E-state index contributed by atoms with van der Waals surface area (Å²) in [5.74, 6) is 0.274. The molecule has 104 valence electrons. The fraction of sp³-hybridized carbons (Fsp3) is 0.562. The topological polar surface area (TPSA) is 52.3 Å². The Hall–Kier alpha value is -1.35. The van der Waals surface area contributed by atoms with Crippen LogP contribution in [0.1, 0.15) is 37.7 Å². The third-order valence-electron chi connectivity index (χ3n) is 3.79. The second-order valence-corrected chi connectivity index (χ2v) is 5.43. The monoisotopic (exact) mass is 261 g/mol. The number of ether oxygens (including phenoxy) is 1. The standard InChI is InChI=1S/C16H23NO2/c17-15(11-13-7-3-1-4-8-13)16(18)19-12-14-9-5-2-6-10-14/h1,3-4,7-8,14-15H,2,5-6,9-12,17H2/t15-/m0/s1. The van der Waals surface area contributed by atoms with E-state index >= 15 is 0 Å². The second kappa shape index (κ2) is 7.29. The maximum atomic E-state index is 11.8. The van der Waals surface area contributed by atoms with E-state index in [2.05, 4.69) is 0 Å². The lowest BCUT2D eigenvalue weighted by molar-refractivity contribution is -0.146. The zero-order valence-corrected chi connectivity index (χ0v) is 11.4. The van der Waals surface area contributed by atoms with Gasteiger partial charge in [0.2, 0.25) is 0 Å². The smallest absolute Gasteiger partial charge is 0.323 e. The lowest BCUT2D eigenvalue weighted by Gasteiger charge is -2.22. The summed E-state index contributed by atoms with van der Waals surface area (Å²) in [6.07, 6.45) is 6.75. The van der Waals surface area contributed by atoms with E-state index in [1.165, 1.54) is 32.1 Å². The lowest BCUT2D eigenvalue weighted by atomic mass is 9.90. The Labute approximate surface area is 115 Å². The van der Waals surface area contributed by atoms with Crippen molar-refractivity contribution in [3.63, 3.8) is 0 Å². The van der Waals surface area contributed by atoms with Gasteiger partial charge < -0.3 is 10.5 Å². The SMILES string of the molecule is N[C@@H](Cc1ccccc1)C(=O)OCC1CCCCC1. The molecule has 0 saturated heterocycles. The molecule has 1 atom stereocenters. The van der Waals surface area contributed by atoms with Crippen LogP contribution in [0.15, 0.2) is 30.3 Å². The number of benzene rings is 1. The van der Waals surface area contributed by atoms with Gasteiger partial charge in [-0.1, -0.05) is 49.6 Å². The Balaban J connectivity index is 1.73. The molecule has 2 N–H and O–H groups in total. The minimum atomic E-state index is -0.550. The molecule has 1 aromatic rings. The molecule has 0 aliphatic heterocycles. The van der Waals surface area contributed by atoms with Crippen molar-refractivity contribution in [3.05, 3.63) is 35.9 Å². The highest BCUT2D eigenvalue weighted by molar-refractivity contribution is 5.75. The Bertz CT molecular complexity index is 385. The molecular formula is C16H23NO2. The molecule has 2 rings (SSSR count). The summed E-state index contributed by atoms with van der Waals surface area (Å²) in [6, 6.07) is 9.27. The molecule has 0 amide bonds. The number of carbonyl (C=O) groups is 1. The molecule has 0 spiro atoms. The van der Waals surface area contributed by atoms with Crippen molar-refractivity contribution in [2.45, 2.75) is 44.6 Å². The molecule has 19 heavy (non-hydrogen) atoms. The van der Waals surface area contributed by atoms with Crippen molar-refractivity contribution in [2.24, 2.45) is 11.7 Å². The van der Waals surface area contributed by atoms with Gasteiger partial charge in [-0.25, -0.2) is 0 Å². The van der Waals surface area contributed by atoms with Crippen molar-refractivity contribution >= 4 is 5.97 Å². The summed E-state index contributed by atoms with van der Waals surface area (Å²) in [7, 11) is 0. The molecule has 0 aromatic heterocycles. The minimum Gasteiger partial charge on any atom is -0.464 e. The van der Waals surface area contributed by atoms with Crippen LogP contribution < -0.4 is 5.73 Å². The summed E-state index contributed by atoms with van der Waals surface area (Å²) >= 11 is 0. The van der Waals surface area contributed by atoms with Crippen molar-refractivity contribution in [1.82, 2.24) is 0 Å². The van der Waals surface area contributed by atoms with Crippen molar-refractivity contribution in [2.75, 3.05) is 6.61 Å². The van der Waals surface area contributed by atoms with Gasteiger partial charge >= 0.3 is 5.97 Å². The van der Waals surface area contributed by atoms with Gasteiger partial charge in [-0.2, -0.15) is 0 Å². The molecular weight excluding hydrogens is 238 g/mol. The Morgan fingerprint density at radius 3 is 2.58 bits per heavy atom. The number of hydrogen-bond donors (Lipinski definition) is 1. The van der Waals surface area contributed by atoms with Gasteiger partial charge in [0.25, 0.3) is 0 Å². The highest BCUT2D eigenvalue weighted by atomic mass is 16.5. The van der Waals surface area contributed by atoms with E-state index in [1.807, 2.05) is 30.3 Å². The third-order valence-corrected chi connectivity index (χ3v) is 3.79. The average molecular weight is 261 g/mol. The zero-order chi connectivity index (χ0) is 13.5. The van der Waals surface area contributed by atoms with Gasteiger partial charge in [-0.05, 0) is 30.7 Å². The number of carbonyl (C=O) groups excluding carboxylic acids is 1. The van der Waals surface area contributed by atoms with E-state index in [-0.39, 0.29) is 5.97 Å². The van der Waals surface area contributed by atoms with Crippen LogP contribution in [-0.2, 0) is 16.0 Å². The summed E-state index contributed by atoms with van der Waals surface area (Å²) in [4.78, 5) is 11.8. The first-order valence-electron chi connectivity index (χ1n) is 7.22. The van der Waals surface area contributed by atoms with Crippen LogP contribution >= 0.6 is 0 Å². The summed E-state index contributed by atoms with van der Waals surface area (Å²) in [5.41, 5.74) is 6.96. The van der Waals surface area contributed by atoms with Crippen molar-refractivity contribution < 1.29 is 9.53 Å². The molecule has 1 aliphatic carbocycles. The molecule has 3 nitrogen and oxygen atoms in total. The Kier molecular flexibility index (Phi) is 5.40. The molecule has 1 aliphatic rings. The molecule has 3 heteroatoms. The maximum absolute atomic E-state index is 11.8. The highest BCUT2D eigenvalue weighted by Crippen LogP contribution is 2.23. The van der Waals surface area contributed by atoms with Crippen LogP contribution in [0.3, 0.4) is 0 Å². The largest absolute Gasteiger partial charge is 0.464 e. The van der Waals surface area contributed by atoms with Crippen LogP contribution in [0.4, 0.5) is 0 Å². The van der Waals surface area contributed by atoms with Gasteiger partial charge in [0.1, 0.15) is 6.04 Å². The van der Waals surface area contributed by atoms with Crippen molar-refractivity contribution in [1.29, 1.82) is 0 Å². The van der Waals surface area contributed by atoms with Crippen LogP contribution in [0, 0.1) is 5.92 Å². The fourth-order valence-electron chi connectivity index (χ4n) is 2.61. The van der Waals surface area contributed by atoms with E-state index in [0.29, 0.717) is 18.9 Å². The van der Waals surface area contributed by atoms with Gasteiger partial charge in [0.15, 0.2) is 0 Å². The number of rotatable bonds is 5. The first-order valence-corrected chi connectivity index (χ1v) is 7.22. The van der Waals surface area contributed by atoms with E-state index in [0.717, 1.165) is 5.56 Å². The molecule has 0 unspecified atom stereocenters. The number of esters is 1. The van der Waals surface area contributed by atoms with Crippen molar-refractivity contribution in [3.8, 4) is 0 Å². The predicted octanol–water partition coefficient (Wildman–Crippen LogP) is 2.68. The number of hydrogen-bond acceptors (Lipinski definition) is 3. The van der Waals surface area contributed by atoms with Crippen LogP contribution in [0.2, 0.25) is 0 Å². The first kappa shape index (κ1) is 14.1. The van der Waals surface area contributed by atoms with E-state index < -0.39 is 6.04 Å². The quantitative estimate of drug-likeness (QED) is 0.829. The van der Waals surface area contributed by atoms with Crippen LogP contribution in [0.5, 0.6) is 0 Å².